The fraction of sp³-hybridized carbons (Fsp3) is 0.769. The van der Waals surface area contributed by atoms with E-state index in [1.165, 1.54) is 17.7 Å². The van der Waals surface area contributed by atoms with Crippen molar-refractivity contribution in [2.24, 2.45) is 5.92 Å². The van der Waals surface area contributed by atoms with Gasteiger partial charge in [-0.2, -0.15) is 0 Å². The molecule has 98 valence electrons. The first-order valence-corrected chi connectivity index (χ1v) is 7.36. The van der Waals surface area contributed by atoms with Crippen LogP contribution in [0.25, 0.3) is 0 Å². The molecule has 0 fully saturated rings. The Bertz CT molecular complexity index is 295. The van der Waals surface area contributed by atoms with E-state index < -0.39 is 0 Å². The van der Waals surface area contributed by atoms with Gasteiger partial charge in [0.15, 0.2) is 0 Å². The standard InChI is InChI=1S/C13H24N2OS/c1-3-4-12(6-8-16)9-14-7-5-13-11(2)15-10-17-13/h10,12,14,16H,3-9H2,1-2H3. The minimum Gasteiger partial charge on any atom is -0.396 e. The van der Waals surface area contributed by atoms with Crippen molar-refractivity contribution in [2.45, 2.75) is 39.5 Å². The number of hydrogen-bond donors (Lipinski definition) is 2. The van der Waals surface area contributed by atoms with E-state index in [0.29, 0.717) is 12.5 Å². The average Bonchev–Trinajstić information content (AvgIpc) is 2.71. The molecule has 0 bridgehead atoms. The number of aliphatic hydroxyl groups excluding tert-OH is 1. The molecule has 1 atom stereocenters. The largest absolute Gasteiger partial charge is 0.396 e. The van der Waals surface area contributed by atoms with Crippen molar-refractivity contribution >= 4 is 11.3 Å². The van der Waals surface area contributed by atoms with Crippen LogP contribution in [0.4, 0.5) is 0 Å². The van der Waals surface area contributed by atoms with E-state index >= 15 is 0 Å². The number of hydrogen-bond acceptors (Lipinski definition) is 4. The molecule has 0 aliphatic rings. The number of rotatable bonds is 9. The third kappa shape index (κ3) is 5.61. The van der Waals surface area contributed by atoms with Crippen molar-refractivity contribution < 1.29 is 5.11 Å². The van der Waals surface area contributed by atoms with Crippen LogP contribution in [0.1, 0.15) is 36.8 Å². The molecule has 4 heteroatoms. The monoisotopic (exact) mass is 256 g/mol. The lowest BCUT2D eigenvalue weighted by Gasteiger charge is -2.15. The average molecular weight is 256 g/mol. The molecule has 0 aromatic carbocycles. The van der Waals surface area contributed by atoms with Crippen molar-refractivity contribution in [2.75, 3.05) is 19.7 Å². The Morgan fingerprint density at radius 1 is 1.47 bits per heavy atom. The van der Waals surface area contributed by atoms with Gasteiger partial charge < -0.3 is 10.4 Å². The number of nitrogens with zero attached hydrogens (tertiary/aromatic N) is 1. The summed E-state index contributed by atoms with van der Waals surface area (Å²) in [6.07, 6.45) is 4.38. The molecule has 0 radical (unpaired) electrons. The zero-order chi connectivity index (χ0) is 12.5. The molecule has 3 nitrogen and oxygen atoms in total. The minimum absolute atomic E-state index is 0.306. The van der Waals surface area contributed by atoms with Gasteiger partial charge in [-0.3, -0.25) is 0 Å². The summed E-state index contributed by atoms with van der Waals surface area (Å²) in [7, 11) is 0. The van der Waals surface area contributed by atoms with Gasteiger partial charge in [0.25, 0.3) is 0 Å². The fourth-order valence-electron chi connectivity index (χ4n) is 2.01. The van der Waals surface area contributed by atoms with Crippen molar-refractivity contribution in [1.82, 2.24) is 10.3 Å². The lowest BCUT2D eigenvalue weighted by Crippen LogP contribution is -2.25. The first-order valence-electron chi connectivity index (χ1n) is 6.48. The Hall–Kier alpha value is -0.450. The summed E-state index contributed by atoms with van der Waals surface area (Å²) in [6, 6.07) is 0. The van der Waals surface area contributed by atoms with Crippen LogP contribution in [0.2, 0.25) is 0 Å². The van der Waals surface area contributed by atoms with Gasteiger partial charge in [0.2, 0.25) is 0 Å². The summed E-state index contributed by atoms with van der Waals surface area (Å²) < 4.78 is 0. The minimum atomic E-state index is 0.306. The first-order chi connectivity index (χ1) is 8.27. The Kier molecular flexibility index (Phi) is 7.40. The summed E-state index contributed by atoms with van der Waals surface area (Å²) in [5.41, 5.74) is 3.08. The molecule has 0 saturated carbocycles. The van der Waals surface area contributed by atoms with E-state index in [2.05, 4.69) is 24.1 Å². The topological polar surface area (TPSA) is 45.1 Å². The van der Waals surface area contributed by atoms with Crippen LogP contribution in [0.15, 0.2) is 5.51 Å². The number of nitrogens with one attached hydrogen (secondary N) is 1. The number of thiazole rings is 1. The third-order valence-electron chi connectivity index (χ3n) is 3.04. The zero-order valence-corrected chi connectivity index (χ0v) is 11.7. The van der Waals surface area contributed by atoms with Crippen molar-refractivity contribution in [3.8, 4) is 0 Å². The lowest BCUT2D eigenvalue weighted by molar-refractivity contribution is 0.248. The van der Waals surface area contributed by atoms with E-state index in [0.717, 1.165) is 31.6 Å². The molecule has 1 rings (SSSR count). The quantitative estimate of drug-likeness (QED) is 0.667. The molecule has 1 unspecified atom stereocenters. The predicted octanol–water partition coefficient (Wildman–Crippen LogP) is 2.38. The van der Waals surface area contributed by atoms with Crippen LogP contribution < -0.4 is 5.32 Å². The van der Waals surface area contributed by atoms with E-state index in [1.807, 2.05) is 5.51 Å². The lowest BCUT2D eigenvalue weighted by atomic mass is 10.0. The highest BCUT2D eigenvalue weighted by atomic mass is 32.1. The second-order valence-corrected chi connectivity index (χ2v) is 5.42. The SMILES string of the molecule is CCCC(CCO)CNCCc1scnc1C. The van der Waals surface area contributed by atoms with Crippen LogP contribution in [-0.4, -0.2) is 29.8 Å². The van der Waals surface area contributed by atoms with Crippen LogP contribution >= 0.6 is 11.3 Å². The second kappa shape index (κ2) is 8.61. The summed E-state index contributed by atoms with van der Waals surface area (Å²) in [6.45, 7) is 6.60. The second-order valence-electron chi connectivity index (χ2n) is 4.48. The first kappa shape index (κ1) is 14.6. The Morgan fingerprint density at radius 2 is 2.29 bits per heavy atom. The van der Waals surface area contributed by atoms with Crippen LogP contribution in [0, 0.1) is 12.8 Å². The van der Waals surface area contributed by atoms with E-state index in [9.17, 15) is 0 Å². The third-order valence-corrected chi connectivity index (χ3v) is 4.04. The zero-order valence-electron chi connectivity index (χ0n) is 10.9. The van der Waals surface area contributed by atoms with Gasteiger partial charge in [0.1, 0.15) is 0 Å². The highest BCUT2D eigenvalue weighted by Crippen LogP contribution is 2.12. The van der Waals surface area contributed by atoms with E-state index in [4.69, 9.17) is 5.11 Å². The van der Waals surface area contributed by atoms with Gasteiger partial charge in [-0.15, -0.1) is 11.3 Å². The smallest absolute Gasteiger partial charge is 0.0797 e. The van der Waals surface area contributed by atoms with Gasteiger partial charge >= 0.3 is 0 Å². The Morgan fingerprint density at radius 3 is 2.88 bits per heavy atom. The highest BCUT2D eigenvalue weighted by molar-refractivity contribution is 7.09. The number of aromatic nitrogens is 1. The molecule has 0 aliphatic carbocycles. The predicted molar refractivity (Wildman–Crippen MR) is 73.5 cm³/mol. The normalized spacial score (nSPS) is 12.9. The maximum Gasteiger partial charge on any atom is 0.0797 e. The Balaban J connectivity index is 2.15. The summed E-state index contributed by atoms with van der Waals surface area (Å²) in [5, 5.41) is 12.5. The molecule has 1 heterocycles. The van der Waals surface area contributed by atoms with Crippen LogP contribution in [-0.2, 0) is 6.42 Å². The van der Waals surface area contributed by atoms with Gasteiger partial charge in [0, 0.05) is 18.0 Å². The summed E-state index contributed by atoms with van der Waals surface area (Å²) in [4.78, 5) is 5.63. The molecule has 2 N–H and O–H groups in total. The van der Waals surface area contributed by atoms with Gasteiger partial charge in [-0.05, 0) is 38.6 Å². The molecular weight excluding hydrogens is 232 g/mol. The molecule has 1 aromatic heterocycles. The summed E-state index contributed by atoms with van der Waals surface area (Å²) >= 11 is 1.74. The number of aryl methyl sites for hydroxylation is 1. The van der Waals surface area contributed by atoms with Gasteiger partial charge in [-0.25, -0.2) is 4.98 Å². The van der Waals surface area contributed by atoms with Crippen molar-refractivity contribution in [3.05, 3.63) is 16.1 Å². The van der Waals surface area contributed by atoms with E-state index in [-0.39, 0.29) is 0 Å². The fourth-order valence-corrected chi connectivity index (χ4v) is 2.79. The molecule has 0 saturated heterocycles. The highest BCUT2D eigenvalue weighted by Gasteiger charge is 2.07. The number of aliphatic hydroxyl groups is 1. The van der Waals surface area contributed by atoms with Crippen molar-refractivity contribution in [1.29, 1.82) is 0 Å². The molecule has 17 heavy (non-hydrogen) atoms. The van der Waals surface area contributed by atoms with Crippen molar-refractivity contribution in [3.63, 3.8) is 0 Å². The van der Waals surface area contributed by atoms with Crippen LogP contribution in [0.5, 0.6) is 0 Å². The molecule has 0 amide bonds. The molecular formula is C13H24N2OS. The maximum atomic E-state index is 8.97. The Labute approximate surface area is 108 Å². The van der Waals surface area contributed by atoms with Crippen LogP contribution in [0.3, 0.4) is 0 Å². The van der Waals surface area contributed by atoms with E-state index in [1.54, 1.807) is 11.3 Å². The molecule has 0 aliphatic heterocycles. The summed E-state index contributed by atoms with van der Waals surface area (Å²) in [5.74, 6) is 0.618. The molecule has 1 aromatic rings. The van der Waals surface area contributed by atoms with Gasteiger partial charge in [0.05, 0.1) is 11.2 Å². The van der Waals surface area contributed by atoms with Gasteiger partial charge in [-0.1, -0.05) is 13.3 Å². The molecule has 0 spiro atoms. The maximum absolute atomic E-state index is 8.97.